The van der Waals surface area contributed by atoms with Crippen molar-refractivity contribution in [2.45, 2.75) is 33.1 Å². The van der Waals surface area contributed by atoms with Gasteiger partial charge in [-0.3, -0.25) is 0 Å². The minimum absolute atomic E-state index is 0.414. The van der Waals surface area contributed by atoms with Crippen LogP contribution in [0.5, 0.6) is 11.5 Å². The van der Waals surface area contributed by atoms with Gasteiger partial charge < -0.3 is 15.2 Å². The number of hydrogen-bond donors (Lipinski definition) is 2. The van der Waals surface area contributed by atoms with Crippen LogP contribution in [0.3, 0.4) is 0 Å². The third kappa shape index (κ3) is 2.61. The van der Waals surface area contributed by atoms with Crippen LogP contribution in [-0.2, 0) is 6.42 Å². The van der Waals surface area contributed by atoms with E-state index in [1.807, 2.05) is 19.9 Å². The fraction of sp³-hybridized carbons (Fsp3) is 0.600. The van der Waals surface area contributed by atoms with Gasteiger partial charge in [0.15, 0.2) is 0 Å². The fourth-order valence-electron chi connectivity index (χ4n) is 2.78. The van der Waals surface area contributed by atoms with E-state index in [4.69, 9.17) is 4.74 Å². The topological polar surface area (TPSA) is 41.5 Å². The molecular formula is C15H23NO2. The summed E-state index contributed by atoms with van der Waals surface area (Å²) < 4.78 is 5.28. The Bertz CT molecular complexity index is 423. The molecule has 0 bridgehead atoms. The van der Waals surface area contributed by atoms with Crippen LogP contribution in [0, 0.1) is 19.8 Å². The highest BCUT2D eigenvalue weighted by Gasteiger charge is 2.19. The highest BCUT2D eigenvalue weighted by molar-refractivity contribution is 5.52. The van der Waals surface area contributed by atoms with Crippen molar-refractivity contribution in [1.29, 1.82) is 0 Å². The van der Waals surface area contributed by atoms with Gasteiger partial charge in [0.05, 0.1) is 7.11 Å². The highest BCUT2D eigenvalue weighted by Crippen LogP contribution is 2.35. The molecule has 0 spiro atoms. The van der Waals surface area contributed by atoms with Gasteiger partial charge in [-0.1, -0.05) is 0 Å². The normalized spacial score (nSPS) is 19.8. The molecule has 1 heterocycles. The van der Waals surface area contributed by atoms with Crippen molar-refractivity contribution in [3.8, 4) is 11.5 Å². The first kappa shape index (κ1) is 13.2. The Morgan fingerprint density at radius 3 is 2.83 bits per heavy atom. The summed E-state index contributed by atoms with van der Waals surface area (Å²) in [6.07, 6.45) is 3.44. The summed E-state index contributed by atoms with van der Waals surface area (Å²) in [5.74, 6) is 1.82. The van der Waals surface area contributed by atoms with Gasteiger partial charge in [-0.05, 0) is 69.3 Å². The molecule has 1 unspecified atom stereocenters. The lowest BCUT2D eigenvalue weighted by Gasteiger charge is -2.24. The number of ether oxygens (including phenoxy) is 1. The summed E-state index contributed by atoms with van der Waals surface area (Å²) in [6.45, 7) is 6.15. The van der Waals surface area contributed by atoms with E-state index in [1.54, 1.807) is 7.11 Å². The third-order valence-electron chi connectivity index (χ3n) is 3.95. The summed E-state index contributed by atoms with van der Waals surface area (Å²) in [5, 5.41) is 13.7. The number of methoxy groups -OCH3 is 1. The molecule has 1 saturated heterocycles. The molecule has 2 rings (SSSR count). The average Bonchev–Trinajstić information content (AvgIpc) is 2.40. The van der Waals surface area contributed by atoms with Crippen LogP contribution in [0.15, 0.2) is 6.07 Å². The van der Waals surface area contributed by atoms with Crippen LogP contribution in [0.4, 0.5) is 0 Å². The van der Waals surface area contributed by atoms with Gasteiger partial charge in [0, 0.05) is 5.56 Å². The summed E-state index contributed by atoms with van der Waals surface area (Å²) in [5.41, 5.74) is 3.06. The molecule has 0 aromatic heterocycles. The van der Waals surface area contributed by atoms with Crippen molar-refractivity contribution >= 4 is 0 Å². The number of phenols is 1. The minimum atomic E-state index is 0.414. The monoisotopic (exact) mass is 249 g/mol. The van der Waals surface area contributed by atoms with E-state index >= 15 is 0 Å². The van der Waals surface area contributed by atoms with Crippen molar-refractivity contribution < 1.29 is 9.84 Å². The second-order valence-electron chi connectivity index (χ2n) is 5.26. The minimum Gasteiger partial charge on any atom is -0.507 e. The molecule has 1 aliphatic rings. The largest absolute Gasteiger partial charge is 0.507 e. The van der Waals surface area contributed by atoms with E-state index in [2.05, 4.69) is 5.32 Å². The Kier molecular flexibility index (Phi) is 4.12. The van der Waals surface area contributed by atoms with E-state index in [-0.39, 0.29) is 0 Å². The van der Waals surface area contributed by atoms with Gasteiger partial charge in [-0.15, -0.1) is 0 Å². The molecule has 1 aromatic carbocycles. The predicted octanol–water partition coefficient (Wildman–Crippen LogP) is 2.56. The smallest absolute Gasteiger partial charge is 0.125 e. The summed E-state index contributed by atoms with van der Waals surface area (Å²) in [6, 6.07) is 2.03. The van der Waals surface area contributed by atoms with E-state index in [0.717, 1.165) is 42.0 Å². The molecule has 100 valence electrons. The molecule has 3 nitrogen and oxygen atoms in total. The lowest BCUT2D eigenvalue weighted by atomic mass is 9.89. The van der Waals surface area contributed by atoms with E-state index in [9.17, 15) is 5.11 Å². The van der Waals surface area contributed by atoms with Crippen LogP contribution in [-0.4, -0.2) is 25.3 Å². The fourth-order valence-corrected chi connectivity index (χ4v) is 2.78. The van der Waals surface area contributed by atoms with E-state index < -0.39 is 0 Å². The van der Waals surface area contributed by atoms with Gasteiger partial charge in [0.2, 0.25) is 0 Å². The van der Waals surface area contributed by atoms with Crippen molar-refractivity contribution in [1.82, 2.24) is 5.32 Å². The molecule has 2 N–H and O–H groups in total. The molecule has 0 radical (unpaired) electrons. The van der Waals surface area contributed by atoms with Gasteiger partial charge in [-0.25, -0.2) is 0 Å². The maximum absolute atomic E-state index is 10.3. The number of hydrogen-bond acceptors (Lipinski definition) is 3. The number of rotatable bonds is 3. The number of aryl methyl sites for hydroxylation is 1. The zero-order chi connectivity index (χ0) is 13.1. The quantitative estimate of drug-likeness (QED) is 0.865. The molecule has 0 amide bonds. The predicted molar refractivity (Wildman–Crippen MR) is 73.4 cm³/mol. The molecule has 1 aliphatic heterocycles. The number of benzene rings is 1. The zero-order valence-corrected chi connectivity index (χ0v) is 11.5. The lowest BCUT2D eigenvalue weighted by Crippen LogP contribution is -2.31. The molecular weight excluding hydrogens is 226 g/mol. The van der Waals surface area contributed by atoms with Crippen LogP contribution in [0.1, 0.15) is 29.5 Å². The molecule has 1 aromatic rings. The van der Waals surface area contributed by atoms with Crippen molar-refractivity contribution in [2.24, 2.45) is 5.92 Å². The Morgan fingerprint density at radius 2 is 2.22 bits per heavy atom. The first-order valence-corrected chi connectivity index (χ1v) is 6.70. The standard InChI is InChI=1S/C15H23NO2/c1-10-7-14(18-3)11(2)15(17)13(10)8-12-5-4-6-16-9-12/h7,12,16-17H,4-6,8-9H2,1-3H3. The second kappa shape index (κ2) is 5.61. The van der Waals surface area contributed by atoms with Gasteiger partial charge in [-0.2, -0.15) is 0 Å². The Hall–Kier alpha value is -1.22. The molecule has 18 heavy (non-hydrogen) atoms. The first-order valence-electron chi connectivity index (χ1n) is 6.70. The van der Waals surface area contributed by atoms with Crippen molar-refractivity contribution in [3.05, 3.63) is 22.8 Å². The Labute approximate surface area is 109 Å². The third-order valence-corrected chi connectivity index (χ3v) is 3.95. The maximum Gasteiger partial charge on any atom is 0.125 e. The molecule has 3 heteroatoms. The van der Waals surface area contributed by atoms with Crippen LogP contribution >= 0.6 is 0 Å². The van der Waals surface area contributed by atoms with E-state index in [1.165, 1.54) is 12.8 Å². The van der Waals surface area contributed by atoms with Gasteiger partial charge in [0.1, 0.15) is 11.5 Å². The first-order chi connectivity index (χ1) is 8.63. The molecule has 0 saturated carbocycles. The van der Waals surface area contributed by atoms with Gasteiger partial charge in [0.25, 0.3) is 0 Å². The van der Waals surface area contributed by atoms with Crippen LogP contribution in [0.25, 0.3) is 0 Å². The SMILES string of the molecule is COc1cc(C)c(CC2CCCNC2)c(O)c1C. The summed E-state index contributed by atoms with van der Waals surface area (Å²) >= 11 is 0. The van der Waals surface area contributed by atoms with Crippen LogP contribution < -0.4 is 10.1 Å². The number of aromatic hydroxyl groups is 1. The number of phenolic OH excluding ortho intramolecular Hbond substituents is 1. The maximum atomic E-state index is 10.3. The highest BCUT2D eigenvalue weighted by atomic mass is 16.5. The van der Waals surface area contributed by atoms with E-state index in [0.29, 0.717) is 11.7 Å². The lowest BCUT2D eigenvalue weighted by molar-refractivity contribution is 0.366. The Balaban J connectivity index is 2.24. The molecule has 1 fully saturated rings. The second-order valence-corrected chi connectivity index (χ2v) is 5.26. The Morgan fingerprint density at radius 1 is 1.44 bits per heavy atom. The van der Waals surface area contributed by atoms with Crippen LogP contribution in [0.2, 0.25) is 0 Å². The summed E-state index contributed by atoms with van der Waals surface area (Å²) in [4.78, 5) is 0. The van der Waals surface area contributed by atoms with Crippen molar-refractivity contribution in [3.63, 3.8) is 0 Å². The van der Waals surface area contributed by atoms with Crippen molar-refractivity contribution in [2.75, 3.05) is 20.2 Å². The molecule has 0 aliphatic carbocycles. The summed E-state index contributed by atoms with van der Waals surface area (Å²) in [7, 11) is 1.64. The zero-order valence-electron chi connectivity index (χ0n) is 11.5. The average molecular weight is 249 g/mol. The number of piperidine rings is 1. The van der Waals surface area contributed by atoms with Gasteiger partial charge >= 0.3 is 0 Å². The molecule has 1 atom stereocenters. The number of nitrogens with one attached hydrogen (secondary N) is 1.